The minimum Gasteiger partial charge on any atom is -0.381 e. The van der Waals surface area contributed by atoms with Crippen LogP contribution < -0.4 is 5.32 Å². The first-order chi connectivity index (χ1) is 10.7. The van der Waals surface area contributed by atoms with Gasteiger partial charge in [-0.15, -0.1) is 11.3 Å². The van der Waals surface area contributed by atoms with E-state index in [1.54, 1.807) is 0 Å². The van der Waals surface area contributed by atoms with Gasteiger partial charge in [0.15, 0.2) is 0 Å². The number of nitrogens with one attached hydrogen (secondary N) is 1. The van der Waals surface area contributed by atoms with E-state index >= 15 is 0 Å². The van der Waals surface area contributed by atoms with Crippen LogP contribution in [0, 0.1) is 6.92 Å². The van der Waals surface area contributed by atoms with E-state index in [9.17, 15) is 0 Å². The monoisotopic (exact) mass is 339 g/mol. The van der Waals surface area contributed by atoms with Crippen molar-refractivity contribution in [2.45, 2.75) is 64.5 Å². The maximum absolute atomic E-state index is 5.56. The highest BCUT2D eigenvalue weighted by Gasteiger charge is 2.35. The summed E-state index contributed by atoms with van der Waals surface area (Å²) < 4.78 is 5.56. The molecule has 1 aliphatic rings. The molecule has 1 N–H and O–H groups in total. The Kier molecular flexibility index (Phi) is 5.88. The van der Waals surface area contributed by atoms with Crippen LogP contribution in [0.4, 0.5) is 0 Å². The number of aromatic nitrogens is 1. The molecular weight excluding hydrogens is 306 g/mol. The lowest BCUT2D eigenvalue weighted by Crippen LogP contribution is -2.55. The number of likely N-dealkylation sites (N-methyl/N-ethyl adjacent to an activating group) is 1. The van der Waals surface area contributed by atoms with E-state index in [1.165, 1.54) is 15.6 Å². The molecule has 0 unspecified atom stereocenters. The second-order valence-corrected chi connectivity index (χ2v) is 9.08. The van der Waals surface area contributed by atoms with Gasteiger partial charge in [0, 0.05) is 41.6 Å². The predicted octanol–water partition coefficient (Wildman–Crippen LogP) is 3.51. The second-order valence-electron chi connectivity index (χ2n) is 8.05. The molecule has 0 aliphatic carbocycles. The molecule has 132 valence electrons. The molecule has 5 heteroatoms. The standard InChI is InChI=1S/C18H33N3OS/c1-13(15-14(2)20-16(23-15)17(3,4)5)19-12-18(21(6)7)8-10-22-11-9-18/h13,19H,8-12H2,1-7H3/t13-/m1/s1. The van der Waals surface area contributed by atoms with Crippen LogP contribution >= 0.6 is 11.3 Å². The van der Waals surface area contributed by atoms with Gasteiger partial charge >= 0.3 is 0 Å². The Hall–Kier alpha value is -0.490. The molecule has 1 saturated heterocycles. The molecule has 4 nitrogen and oxygen atoms in total. The fourth-order valence-electron chi connectivity index (χ4n) is 3.10. The highest BCUT2D eigenvalue weighted by molar-refractivity contribution is 7.12. The van der Waals surface area contributed by atoms with Crippen molar-refractivity contribution in [3.63, 3.8) is 0 Å². The van der Waals surface area contributed by atoms with Crippen molar-refractivity contribution in [3.8, 4) is 0 Å². The Morgan fingerprint density at radius 2 is 1.91 bits per heavy atom. The number of ether oxygens (including phenoxy) is 1. The number of hydrogen-bond donors (Lipinski definition) is 1. The molecule has 0 aromatic carbocycles. The highest BCUT2D eigenvalue weighted by atomic mass is 32.1. The molecule has 2 heterocycles. The zero-order chi connectivity index (χ0) is 17.3. The Bertz CT molecular complexity index is 513. The molecule has 0 saturated carbocycles. The van der Waals surface area contributed by atoms with Crippen LogP contribution in [-0.2, 0) is 10.2 Å². The fraction of sp³-hybridized carbons (Fsp3) is 0.833. The summed E-state index contributed by atoms with van der Waals surface area (Å²) in [5.41, 5.74) is 1.50. The summed E-state index contributed by atoms with van der Waals surface area (Å²) in [5, 5.41) is 5.00. The zero-order valence-electron chi connectivity index (χ0n) is 15.8. The minimum atomic E-state index is 0.124. The van der Waals surface area contributed by atoms with Crippen molar-refractivity contribution < 1.29 is 4.74 Å². The van der Waals surface area contributed by atoms with E-state index in [1.807, 2.05) is 11.3 Å². The Morgan fingerprint density at radius 1 is 1.30 bits per heavy atom. The van der Waals surface area contributed by atoms with Crippen molar-refractivity contribution in [2.75, 3.05) is 33.9 Å². The fourth-order valence-corrected chi connectivity index (χ4v) is 4.25. The summed E-state index contributed by atoms with van der Waals surface area (Å²) in [5.74, 6) is 0. The van der Waals surface area contributed by atoms with Gasteiger partial charge in [-0.1, -0.05) is 20.8 Å². The van der Waals surface area contributed by atoms with Gasteiger partial charge in [0.1, 0.15) is 0 Å². The summed E-state index contributed by atoms with van der Waals surface area (Å²) >= 11 is 1.86. The lowest BCUT2D eigenvalue weighted by Gasteiger charge is -2.43. The summed E-state index contributed by atoms with van der Waals surface area (Å²) in [4.78, 5) is 8.54. The predicted molar refractivity (Wildman–Crippen MR) is 98.4 cm³/mol. The zero-order valence-corrected chi connectivity index (χ0v) is 16.6. The molecule has 0 radical (unpaired) electrons. The van der Waals surface area contributed by atoms with Gasteiger partial charge in [-0.3, -0.25) is 0 Å². The van der Waals surface area contributed by atoms with E-state index in [0.717, 1.165) is 32.6 Å². The van der Waals surface area contributed by atoms with Crippen molar-refractivity contribution in [3.05, 3.63) is 15.6 Å². The van der Waals surface area contributed by atoms with Gasteiger partial charge in [0.25, 0.3) is 0 Å². The van der Waals surface area contributed by atoms with Crippen molar-refractivity contribution in [1.82, 2.24) is 15.2 Å². The maximum Gasteiger partial charge on any atom is 0.0985 e. The third-order valence-electron chi connectivity index (χ3n) is 4.98. The SMILES string of the molecule is Cc1nc(C(C)(C)C)sc1[C@@H](C)NCC1(N(C)C)CCOCC1. The topological polar surface area (TPSA) is 37.4 Å². The van der Waals surface area contributed by atoms with Crippen molar-refractivity contribution in [2.24, 2.45) is 0 Å². The van der Waals surface area contributed by atoms with Gasteiger partial charge in [0.2, 0.25) is 0 Å². The van der Waals surface area contributed by atoms with E-state index in [4.69, 9.17) is 9.72 Å². The quantitative estimate of drug-likeness (QED) is 0.891. The molecule has 1 aliphatic heterocycles. The van der Waals surface area contributed by atoms with E-state index in [0.29, 0.717) is 6.04 Å². The number of nitrogens with zero attached hydrogens (tertiary/aromatic N) is 2. The average Bonchev–Trinajstić information content (AvgIpc) is 2.88. The lowest BCUT2D eigenvalue weighted by molar-refractivity contribution is -0.00803. The van der Waals surface area contributed by atoms with Crippen molar-refractivity contribution >= 4 is 11.3 Å². The molecule has 1 fully saturated rings. The average molecular weight is 340 g/mol. The van der Waals surface area contributed by atoms with Crippen molar-refractivity contribution in [1.29, 1.82) is 0 Å². The molecule has 0 amide bonds. The molecule has 2 rings (SSSR count). The molecule has 0 bridgehead atoms. The first-order valence-corrected chi connectivity index (χ1v) is 9.44. The van der Waals surface area contributed by atoms with E-state index < -0.39 is 0 Å². The van der Waals surface area contributed by atoms with Crippen LogP contribution in [0.1, 0.15) is 62.2 Å². The van der Waals surface area contributed by atoms with Crippen LogP contribution in [-0.4, -0.2) is 49.3 Å². The maximum atomic E-state index is 5.56. The summed E-state index contributed by atoms with van der Waals surface area (Å²) in [6.45, 7) is 13.8. The van der Waals surface area contributed by atoms with Gasteiger partial charge in [0.05, 0.1) is 10.7 Å². The van der Waals surface area contributed by atoms with Crippen LogP contribution in [0.5, 0.6) is 0 Å². The van der Waals surface area contributed by atoms with Crippen LogP contribution in [0.25, 0.3) is 0 Å². The third-order valence-corrected chi connectivity index (χ3v) is 6.74. The minimum absolute atomic E-state index is 0.124. The van der Waals surface area contributed by atoms with E-state index in [2.05, 4.69) is 58.9 Å². The lowest BCUT2D eigenvalue weighted by atomic mass is 9.88. The molecule has 1 aromatic heterocycles. The molecule has 23 heavy (non-hydrogen) atoms. The molecule has 1 atom stereocenters. The summed E-state index contributed by atoms with van der Waals surface area (Å²) in [6, 6.07) is 0.336. The highest BCUT2D eigenvalue weighted by Crippen LogP contribution is 2.33. The Morgan fingerprint density at radius 3 is 2.39 bits per heavy atom. The first kappa shape index (κ1) is 18.8. The number of hydrogen-bond acceptors (Lipinski definition) is 5. The van der Waals surface area contributed by atoms with Gasteiger partial charge in [-0.25, -0.2) is 4.98 Å². The molecule has 1 aromatic rings. The second kappa shape index (κ2) is 7.18. The molecule has 0 spiro atoms. The van der Waals surface area contributed by atoms with Crippen LogP contribution in [0.15, 0.2) is 0 Å². The number of thiazole rings is 1. The number of rotatable bonds is 5. The van der Waals surface area contributed by atoms with Gasteiger partial charge in [-0.05, 0) is 40.8 Å². The summed E-state index contributed by atoms with van der Waals surface area (Å²) in [6.07, 6.45) is 2.18. The Labute approximate surface area is 145 Å². The van der Waals surface area contributed by atoms with Crippen LogP contribution in [0.3, 0.4) is 0 Å². The Balaban J connectivity index is 2.07. The van der Waals surface area contributed by atoms with Gasteiger partial charge < -0.3 is 15.0 Å². The smallest absolute Gasteiger partial charge is 0.0985 e. The van der Waals surface area contributed by atoms with Gasteiger partial charge in [-0.2, -0.15) is 0 Å². The molecular formula is C18H33N3OS. The van der Waals surface area contributed by atoms with E-state index in [-0.39, 0.29) is 11.0 Å². The largest absolute Gasteiger partial charge is 0.381 e. The van der Waals surface area contributed by atoms with Crippen LogP contribution in [0.2, 0.25) is 0 Å². The first-order valence-electron chi connectivity index (χ1n) is 8.62. The number of aryl methyl sites for hydroxylation is 1. The third kappa shape index (κ3) is 4.32. The normalized spacial score (nSPS) is 20.0. The summed E-state index contributed by atoms with van der Waals surface area (Å²) in [7, 11) is 4.38.